The molecule has 0 heterocycles. The first kappa shape index (κ1) is 11.7. The number of ether oxygens (including phenoxy) is 2. The van der Waals surface area contributed by atoms with Gasteiger partial charge in [-0.25, -0.2) is 0 Å². The summed E-state index contributed by atoms with van der Waals surface area (Å²) in [5.41, 5.74) is 6.24. The van der Waals surface area contributed by atoms with Crippen LogP contribution in [0.25, 0.3) is 0 Å². The molecule has 0 aliphatic carbocycles. The molecule has 4 nitrogen and oxygen atoms in total. The SMILES string of the molecule is COc1cc(N)ccc1OCCC(C)O. The second kappa shape index (κ2) is 5.46. The fraction of sp³-hybridized carbons (Fsp3) is 0.455. The Balaban J connectivity index is 2.60. The number of rotatable bonds is 5. The molecule has 0 spiro atoms. The average Bonchev–Trinajstić information content (AvgIpc) is 2.19. The van der Waals surface area contributed by atoms with Crippen LogP contribution in [0.3, 0.4) is 0 Å². The van der Waals surface area contributed by atoms with Crippen LogP contribution in [0.15, 0.2) is 18.2 Å². The second-order valence-corrected chi connectivity index (χ2v) is 3.40. The molecule has 0 saturated carbocycles. The number of anilines is 1. The van der Waals surface area contributed by atoms with Gasteiger partial charge in [0, 0.05) is 18.2 Å². The number of benzene rings is 1. The van der Waals surface area contributed by atoms with Crippen molar-refractivity contribution < 1.29 is 14.6 Å². The highest BCUT2D eigenvalue weighted by molar-refractivity contribution is 5.51. The lowest BCUT2D eigenvalue weighted by atomic mass is 10.2. The van der Waals surface area contributed by atoms with Gasteiger partial charge in [-0.1, -0.05) is 0 Å². The Morgan fingerprint density at radius 1 is 1.40 bits per heavy atom. The van der Waals surface area contributed by atoms with Gasteiger partial charge < -0.3 is 20.3 Å². The third-order valence-electron chi connectivity index (χ3n) is 1.98. The third kappa shape index (κ3) is 3.67. The van der Waals surface area contributed by atoms with Crippen molar-refractivity contribution in [3.63, 3.8) is 0 Å². The number of aliphatic hydroxyl groups excluding tert-OH is 1. The standard InChI is InChI=1S/C11H17NO3/c1-8(13)5-6-15-10-4-3-9(12)7-11(10)14-2/h3-4,7-8,13H,5-6,12H2,1-2H3. The number of nitrogen functional groups attached to an aromatic ring is 1. The first-order chi connectivity index (χ1) is 7.13. The maximum absolute atomic E-state index is 9.07. The fourth-order valence-electron chi connectivity index (χ4n) is 1.14. The summed E-state index contributed by atoms with van der Waals surface area (Å²) in [6.07, 6.45) is 0.234. The van der Waals surface area contributed by atoms with E-state index in [1.54, 1.807) is 32.2 Å². The molecule has 0 amide bonds. The second-order valence-electron chi connectivity index (χ2n) is 3.40. The van der Waals surface area contributed by atoms with Crippen LogP contribution < -0.4 is 15.2 Å². The van der Waals surface area contributed by atoms with Crippen molar-refractivity contribution >= 4 is 5.69 Å². The lowest BCUT2D eigenvalue weighted by molar-refractivity contribution is 0.154. The number of nitrogens with two attached hydrogens (primary N) is 1. The molecular formula is C11H17NO3. The topological polar surface area (TPSA) is 64.7 Å². The molecule has 0 saturated heterocycles. The number of hydrogen-bond donors (Lipinski definition) is 2. The van der Waals surface area contributed by atoms with Gasteiger partial charge in [-0.05, 0) is 19.1 Å². The number of methoxy groups -OCH3 is 1. The van der Waals surface area contributed by atoms with Gasteiger partial charge in [-0.2, -0.15) is 0 Å². The summed E-state index contributed by atoms with van der Waals surface area (Å²) in [4.78, 5) is 0. The summed E-state index contributed by atoms with van der Waals surface area (Å²) in [6.45, 7) is 2.18. The first-order valence-corrected chi connectivity index (χ1v) is 4.88. The van der Waals surface area contributed by atoms with Gasteiger partial charge in [0.2, 0.25) is 0 Å². The highest BCUT2D eigenvalue weighted by Crippen LogP contribution is 2.28. The Kier molecular flexibility index (Phi) is 4.24. The van der Waals surface area contributed by atoms with Crippen molar-refractivity contribution in [1.82, 2.24) is 0 Å². The Morgan fingerprint density at radius 3 is 2.73 bits per heavy atom. The maximum atomic E-state index is 9.07. The average molecular weight is 211 g/mol. The minimum absolute atomic E-state index is 0.357. The lowest BCUT2D eigenvalue weighted by Crippen LogP contribution is -2.08. The predicted molar refractivity (Wildman–Crippen MR) is 59.2 cm³/mol. The van der Waals surface area contributed by atoms with E-state index in [0.717, 1.165) is 0 Å². The molecule has 0 radical (unpaired) electrons. The largest absolute Gasteiger partial charge is 0.493 e. The Labute approximate surface area is 89.6 Å². The molecule has 0 aromatic heterocycles. The van der Waals surface area contributed by atoms with Gasteiger partial charge in [0.1, 0.15) is 0 Å². The van der Waals surface area contributed by atoms with Gasteiger partial charge in [-0.15, -0.1) is 0 Å². The third-order valence-corrected chi connectivity index (χ3v) is 1.98. The molecule has 1 atom stereocenters. The molecule has 15 heavy (non-hydrogen) atoms. The molecule has 1 aromatic rings. The minimum Gasteiger partial charge on any atom is -0.493 e. The number of aliphatic hydroxyl groups is 1. The quantitative estimate of drug-likeness (QED) is 0.723. The van der Waals surface area contributed by atoms with E-state index in [0.29, 0.717) is 30.2 Å². The molecular weight excluding hydrogens is 194 g/mol. The predicted octanol–water partition coefficient (Wildman–Crippen LogP) is 1.43. The van der Waals surface area contributed by atoms with E-state index in [1.807, 2.05) is 0 Å². The summed E-state index contributed by atoms with van der Waals surface area (Å²) in [5.74, 6) is 1.26. The van der Waals surface area contributed by atoms with Crippen LogP contribution in [-0.2, 0) is 0 Å². The molecule has 1 rings (SSSR count). The molecule has 0 aliphatic heterocycles. The van der Waals surface area contributed by atoms with E-state index < -0.39 is 0 Å². The molecule has 0 bridgehead atoms. The zero-order chi connectivity index (χ0) is 11.3. The maximum Gasteiger partial charge on any atom is 0.162 e. The van der Waals surface area contributed by atoms with E-state index in [1.165, 1.54) is 0 Å². The zero-order valence-electron chi connectivity index (χ0n) is 9.06. The summed E-state index contributed by atoms with van der Waals surface area (Å²) in [5, 5.41) is 9.07. The van der Waals surface area contributed by atoms with Crippen molar-refractivity contribution in [2.75, 3.05) is 19.5 Å². The highest BCUT2D eigenvalue weighted by Gasteiger charge is 2.04. The van der Waals surface area contributed by atoms with E-state index in [-0.39, 0.29) is 6.10 Å². The smallest absolute Gasteiger partial charge is 0.162 e. The molecule has 1 aromatic carbocycles. The van der Waals surface area contributed by atoms with Crippen LogP contribution >= 0.6 is 0 Å². The van der Waals surface area contributed by atoms with E-state index in [9.17, 15) is 0 Å². The van der Waals surface area contributed by atoms with Crippen LogP contribution in [0.2, 0.25) is 0 Å². The monoisotopic (exact) mass is 211 g/mol. The molecule has 0 fully saturated rings. The van der Waals surface area contributed by atoms with Crippen molar-refractivity contribution in [3.05, 3.63) is 18.2 Å². The summed E-state index contributed by atoms with van der Waals surface area (Å²) in [6, 6.07) is 5.22. The minimum atomic E-state index is -0.357. The Hall–Kier alpha value is -1.42. The van der Waals surface area contributed by atoms with Gasteiger partial charge in [0.25, 0.3) is 0 Å². The van der Waals surface area contributed by atoms with Crippen LogP contribution in [0, 0.1) is 0 Å². The van der Waals surface area contributed by atoms with Crippen LogP contribution in [0.4, 0.5) is 5.69 Å². The molecule has 4 heteroatoms. The fourth-order valence-corrected chi connectivity index (χ4v) is 1.14. The van der Waals surface area contributed by atoms with Crippen molar-refractivity contribution in [2.45, 2.75) is 19.4 Å². The lowest BCUT2D eigenvalue weighted by Gasteiger charge is -2.11. The zero-order valence-corrected chi connectivity index (χ0v) is 9.06. The first-order valence-electron chi connectivity index (χ1n) is 4.88. The molecule has 0 aliphatic rings. The highest BCUT2D eigenvalue weighted by atomic mass is 16.5. The Bertz CT molecular complexity index is 313. The van der Waals surface area contributed by atoms with Gasteiger partial charge in [0.15, 0.2) is 11.5 Å². The van der Waals surface area contributed by atoms with Crippen LogP contribution in [0.5, 0.6) is 11.5 Å². The van der Waals surface area contributed by atoms with Crippen molar-refractivity contribution in [1.29, 1.82) is 0 Å². The van der Waals surface area contributed by atoms with Crippen molar-refractivity contribution in [3.8, 4) is 11.5 Å². The van der Waals surface area contributed by atoms with Gasteiger partial charge in [-0.3, -0.25) is 0 Å². The van der Waals surface area contributed by atoms with E-state index >= 15 is 0 Å². The van der Waals surface area contributed by atoms with Crippen LogP contribution in [-0.4, -0.2) is 24.9 Å². The number of hydrogen-bond acceptors (Lipinski definition) is 4. The summed E-state index contributed by atoms with van der Waals surface area (Å²) >= 11 is 0. The van der Waals surface area contributed by atoms with E-state index in [2.05, 4.69) is 0 Å². The van der Waals surface area contributed by atoms with Gasteiger partial charge in [0.05, 0.1) is 19.8 Å². The summed E-state index contributed by atoms with van der Waals surface area (Å²) < 4.78 is 10.6. The molecule has 84 valence electrons. The van der Waals surface area contributed by atoms with Crippen LogP contribution in [0.1, 0.15) is 13.3 Å². The normalized spacial score (nSPS) is 12.2. The molecule has 3 N–H and O–H groups in total. The molecule has 1 unspecified atom stereocenters. The van der Waals surface area contributed by atoms with Crippen molar-refractivity contribution in [2.24, 2.45) is 0 Å². The Morgan fingerprint density at radius 2 is 2.13 bits per heavy atom. The van der Waals surface area contributed by atoms with E-state index in [4.69, 9.17) is 20.3 Å². The summed E-state index contributed by atoms with van der Waals surface area (Å²) in [7, 11) is 1.57. The van der Waals surface area contributed by atoms with Gasteiger partial charge >= 0.3 is 0 Å².